The lowest BCUT2D eigenvalue weighted by Gasteiger charge is -2.09. The van der Waals surface area contributed by atoms with Gasteiger partial charge in [0, 0.05) is 0 Å². The van der Waals surface area contributed by atoms with Crippen LogP contribution in [0, 0.1) is 6.92 Å². The van der Waals surface area contributed by atoms with E-state index in [2.05, 4.69) is 0 Å². The summed E-state index contributed by atoms with van der Waals surface area (Å²) in [5, 5.41) is 0. The van der Waals surface area contributed by atoms with Gasteiger partial charge in [-0.15, -0.1) is 0 Å². The van der Waals surface area contributed by atoms with Gasteiger partial charge >= 0.3 is 0 Å². The number of benzene rings is 1. The zero-order valence-corrected chi connectivity index (χ0v) is 9.92. The van der Waals surface area contributed by atoms with Gasteiger partial charge < -0.3 is 0 Å². The molecule has 1 aromatic rings. The maximum atomic E-state index is 11.3. The van der Waals surface area contributed by atoms with Crippen LogP contribution in [0.25, 0.3) is 5.57 Å². The van der Waals surface area contributed by atoms with Gasteiger partial charge in [0.25, 0.3) is 10.1 Å². The van der Waals surface area contributed by atoms with E-state index in [1.165, 1.54) is 6.07 Å². The highest BCUT2D eigenvalue weighted by molar-refractivity contribution is 7.85. The van der Waals surface area contributed by atoms with Crippen molar-refractivity contribution in [2.24, 2.45) is 0 Å². The van der Waals surface area contributed by atoms with Crippen molar-refractivity contribution in [1.29, 1.82) is 0 Å². The summed E-state index contributed by atoms with van der Waals surface area (Å²) in [6.07, 6.45) is 4.96. The molecule has 0 fully saturated rings. The van der Waals surface area contributed by atoms with E-state index < -0.39 is 10.1 Å². The lowest BCUT2D eigenvalue weighted by molar-refractivity contribution is 0.483. The van der Waals surface area contributed by atoms with Crippen LogP contribution in [0.1, 0.15) is 30.4 Å². The first kappa shape index (κ1) is 11.4. The molecule has 0 unspecified atom stereocenters. The molecule has 1 aliphatic carbocycles. The van der Waals surface area contributed by atoms with Crippen molar-refractivity contribution in [1.82, 2.24) is 0 Å². The molecule has 0 spiro atoms. The van der Waals surface area contributed by atoms with Gasteiger partial charge in [0.1, 0.15) is 4.90 Å². The van der Waals surface area contributed by atoms with Crippen LogP contribution in [0.2, 0.25) is 0 Å². The van der Waals surface area contributed by atoms with Crippen molar-refractivity contribution in [3.8, 4) is 0 Å². The molecule has 16 heavy (non-hydrogen) atoms. The highest BCUT2D eigenvalue weighted by atomic mass is 32.2. The largest absolute Gasteiger partial charge is 0.295 e. The molecular weight excluding hydrogens is 224 g/mol. The summed E-state index contributed by atoms with van der Waals surface area (Å²) in [7, 11) is -4.13. The second kappa shape index (κ2) is 4.03. The maximum absolute atomic E-state index is 11.3. The van der Waals surface area contributed by atoms with E-state index in [1.807, 2.05) is 19.1 Å². The molecule has 0 aromatic heterocycles. The van der Waals surface area contributed by atoms with Crippen LogP contribution in [-0.2, 0) is 10.1 Å². The fraction of sp³-hybridized carbons (Fsp3) is 0.333. The van der Waals surface area contributed by atoms with Crippen LogP contribution in [0.15, 0.2) is 29.2 Å². The van der Waals surface area contributed by atoms with Gasteiger partial charge in [-0.2, -0.15) is 8.42 Å². The van der Waals surface area contributed by atoms with Crippen LogP contribution >= 0.6 is 0 Å². The Morgan fingerprint density at radius 3 is 2.62 bits per heavy atom. The van der Waals surface area contributed by atoms with Gasteiger partial charge in [0.05, 0.1) is 0 Å². The van der Waals surface area contributed by atoms with E-state index in [0.717, 1.165) is 30.4 Å². The predicted octanol–water partition coefficient (Wildman–Crippen LogP) is 2.81. The van der Waals surface area contributed by atoms with Crippen LogP contribution < -0.4 is 0 Å². The lowest BCUT2D eigenvalue weighted by Crippen LogP contribution is -2.02. The molecule has 0 aliphatic heterocycles. The molecular formula is C12H14O3S. The molecule has 0 amide bonds. The molecule has 1 aromatic carbocycles. The second-order valence-corrected chi connectivity index (χ2v) is 5.49. The quantitative estimate of drug-likeness (QED) is 0.806. The first-order valence-electron chi connectivity index (χ1n) is 5.26. The van der Waals surface area contributed by atoms with Crippen molar-refractivity contribution < 1.29 is 13.0 Å². The molecule has 1 N–H and O–H groups in total. The first-order valence-corrected chi connectivity index (χ1v) is 6.70. The highest BCUT2D eigenvalue weighted by Crippen LogP contribution is 2.32. The minimum atomic E-state index is -4.13. The van der Waals surface area contributed by atoms with E-state index in [-0.39, 0.29) is 4.90 Å². The Morgan fingerprint density at radius 1 is 1.31 bits per heavy atom. The number of hydrogen-bond acceptors (Lipinski definition) is 2. The van der Waals surface area contributed by atoms with Gasteiger partial charge in [-0.3, -0.25) is 4.55 Å². The van der Waals surface area contributed by atoms with Crippen LogP contribution in [-0.4, -0.2) is 13.0 Å². The Morgan fingerprint density at radius 2 is 2.06 bits per heavy atom. The summed E-state index contributed by atoms with van der Waals surface area (Å²) in [5.41, 5.74) is 2.67. The number of rotatable bonds is 2. The topological polar surface area (TPSA) is 54.4 Å². The summed E-state index contributed by atoms with van der Waals surface area (Å²) in [4.78, 5) is 0.0197. The average Bonchev–Trinajstić information content (AvgIpc) is 2.68. The minimum Gasteiger partial charge on any atom is -0.282 e. The lowest BCUT2D eigenvalue weighted by atomic mass is 10.0. The van der Waals surface area contributed by atoms with Gasteiger partial charge in [-0.1, -0.05) is 23.8 Å². The van der Waals surface area contributed by atoms with Crippen LogP contribution in [0.5, 0.6) is 0 Å². The molecule has 0 saturated heterocycles. The number of aryl methyl sites for hydroxylation is 1. The van der Waals surface area contributed by atoms with Crippen LogP contribution in [0.4, 0.5) is 0 Å². The summed E-state index contributed by atoms with van der Waals surface area (Å²) in [5.74, 6) is 0. The highest BCUT2D eigenvalue weighted by Gasteiger charge is 2.19. The zero-order valence-electron chi connectivity index (χ0n) is 9.10. The van der Waals surface area contributed by atoms with Crippen LogP contribution in [0.3, 0.4) is 0 Å². The Balaban J connectivity index is 2.62. The van der Waals surface area contributed by atoms with E-state index in [4.69, 9.17) is 4.55 Å². The fourth-order valence-electron chi connectivity index (χ4n) is 2.04. The van der Waals surface area contributed by atoms with E-state index in [9.17, 15) is 8.42 Å². The minimum absolute atomic E-state index is 0.0197. The summed E-state index contributed by atoms with van der Waals surface area (Å²) >= 11 is 0. The Hall–Kier alpha value is -1.13. The number of hydrogen-bond donors (Lipinski definition) is 1. The maximum Gasteiger partial charge on any atom is 0.295 e. The third kappa shape index (κ3) is 2.18. The van der Waals surface area contributed by atoms with E-state index in [1.54, 1.807) is 6.07 Å². The molecule has 2 rings (SSSR count). The fourth-order valence-corrected chi connectivity index (χ4v) is 2.74. The van der Waals surface area contributed by atoms with Crippen molar-refractivity contribution in [2.75, 3.05) is 0 Å². The third-order valence-electron chi connectivity index (χ3n) is 2.80. The SMILES string of the molecule is Cc1ccc(S(=O)(=O)O)c(C2=CCCC2)c1. The monoisotopic (exact) mass is 238 g/mol. The summed E-state index contributed by atoms with van der Waals surface area (Å²) in [6.45, 7) is 1.91. The normalized spacial score (nSPS) is 16.2. The molecule has 3 nitrogen and oxygen atoms in total. The average molecular weight is 238 g/mol. The molecule has 0 bridgehead atoms. The van der Waals surface area contributed by atoms with Crippen molar-refractivity contribution >= 4 is 15.7 Å². The molecule has 0 heterocycles. The predicted molar refractivity (Wildman–Crippen MR) is 62.8 cm³/mol. The third-order valence-corrected chi connectivity index (χ3v) is 3.71. The second-order valence-electron chi connectivity index (χ2n) is 4.10. The molecule has 4 heteroatoms. The summed E-state index contributed by atoms with van der Waals surface area (Å²) < 4.78 is 31.7. The van der Waals surface area contributed by atoms with Gasteiger partial charge in [0.2, 0.25) is 0 Å². The molecule has 86 valence electrons. The van der Waals surface area contributed by atoms with Crippen molar-refractivity contribution in [3.63, 3.8) is 0 Å². The molecule has 1 aliphatic rings. The Bertz CT molecular complexity index is 541. The van der Waals surface area contributed by atoms with Crippen molar-refractivity contribution in [3.05, 3.63) is 35.4 Å². The van der Waals surface area contributed by atoms with E-state index >= 15 is 0 Å². The van der Waals surface area contributed by atoms with Gasteiger partial charge in [-0.25, -0.2) is 0 Å². The van der Waals surface area contributed by atoms with E-state index in [0.29, 0.717) is 5.56 Å². The molecule has 0 atom stereocenters. The standard InChI is InChI=1S/C12H14O3S/c1-9-6-7-12(16(13,14)15)11(8-9)10-4-2-3-5-10/h4,6-8H,2-3,5H2,1H3,(H,13,14,15). The smallest absolute Gasteiger partial charge is 0.282 e. The first-order chi connectivity index (χ1) is 7.48. The Labute approximate surface area is 95.6 Å². The Kier molecular flexibility index (Phi) is 2.86. The number of allylic oxidation sites excluding steroid dienone is 2. The van der Waals surface area contributed by atoms with Gasteiger partial charge in [-0.05, 0) is 43.4 Å². The van der Waals surface area contributed by atoms with Gasteiger partial charge in [0.15, 0.2) is 0 Å². The zero-order chi connectivity index (χ0) is 11.8. The molecule has 0 radical (unpaired) electrons. The summed E-state index contributed by atoms with van der Waals surface area (Å²) in [6, 6.07) is 4.99. The van der Waals surface area contributed by atoms with Crippen molar-refractivity contribution in [2.45, 2.75) is 31.1 Å². The molecule has 0 saturated carbocycles.